The highest BCUT2D eigenvalue weighted by Crippen LogP contribution is 2.39. The Morgan fingerprint density at radius 3 is 1.83 bits per heavy atom. The highest BCUT2D eigenvalue weighted by atomic mass is 31.2. The third kappa shape index (κ3) is 8.88. The van der Waals surface area contributed by atoms with E-state index in [4.69, 9.17) is 19.4 Å². The molecule has 0 fully saturated rings. The highest BCUT2D eigenvalue weighted by Gasteiger charge is 2.37. The molecule has 0 bridgehead atoms. The Bertz CT molecular complexity index is 674. The van der Waals surface area contributed by atoms with E-state index in [1.54, 1.807) is 0 Å². The van der Waals surface area contributed by atoms with Gasteiger partial charge in [-0.1, -0.05) is 93.9 Å². The minimum absolute atomic E-state index is 0.392. The van der Waals surface area contributed by atoms with Crippen LogP contribution < -0.4 is 0 Å². The van der Waals surface area contributed by atoms with Crippen LogP contribution >= 0.6 is 8.60 Å². The number of rotatable bonds is 9. The topological polar surface area (TPSA) is 87.0 Å². The normalized spacial score (nSPS) is 11.0. The summed E-state index contributed by atoms with van der Waals surface area (Å²) in [5.74, 6) is 0.287. The number of unbranched alkanes of at least 4 members (excludes halogenated alkanes) is 1. The van der Waals surface area contributed by atoms with E-state index in [-0.39, 0.29) is 0 Å². The summed E-state index contributed by atoms with van der Waals surface area (Å²) in [6.45, 7) is 8.05. The zero-order chi connectivity index (χ0) is 21.7. The molecule has 5 nitrogen and oxygen atoms in total. The summed E-state index contributed by atoms with van der Waals surface area (Å²) in [4.78, 5) is 33.9. The molecule has 0 unspecified atom stereocenters. The van der Waals surface area contributed by atoms with Crippen LogP contribution in [-0.4, -0.2) is 20.6 Å². The number of esters is 1. The van der Waals surface area contributed by atoms with Crippen LogP contribution in [0.2, 0.25) is 0 Å². The first kappa shape index (κ1) is 25.0. The van der Waals surface area contributed by atoms with Gasteiger partial charge in [-0.15, -0.1) is 0 Å². The molecule has 29 heavy (non-hydrogen) atoms. The van der Waals surface area contributed by atoms with Gasteiger partial charge in [-0.25, -0.2) is 4.79 Å². The second kappa shape index (κ2) is 13.2. The molecule has 0 amide bonds. The first-order valence-corrected chi connectivity index (χ1v) is 10.8. The molecule has 0 radical (unpaired) electrons. The van der Waals surface area contributed by atoms with E-state index in [9.17, 15) is 4.79 Å². The van der Waals surface area contributed by atoms with Gasteiger partial charge >= 0.3 is 14.6 Å². The molecular formula is C23H31O5P. The molecule has 0 aliphatic heterocycles. The lowest BCUT2D eigenvalue weighted by Gasteiger charge is -2.34. The van der Waals surface area contributed by atoms with Crippen molar-refractivity contribution in [2.45, 2.75) is 45.1 Å². The van der Waals surface area contributed by atoms with Gasteiger partial charge in [-0.05, 0) is 18.8 Å². The number of carbonyl (C=O) groups excluding carboxylic acids is 1. The van der Waals surface area contributed by atoms with Crippen molar-refractivity contribution in [3.63, 3.8) is 0 Å². The summed E-state index contributed by atoms with van der Waals surface area (Å²) in [6.07, 6.45) is 5.29. The molecule has 6 heteroatoms. The fourth-order valence-corrected chi connectivity index (χ4v) is 3.18. The predicted octanol–water partition coefficient (Wildman–Crippen LogP) is 5.07. The largest absolute Gasteiger partial charge is 0.446 e. The molecule has 158 valence electrons. The second-order valence-electron chi connectivity index (χ2n) is 7.09. The highest BCUT2D eigenvalue weighted by molar-refractivity contribution is 7.38. The monoisotopic (exact) mass is 418 g/mol. The molecule has 0 aliphatic carbocycles. The van der Waals surface area contributed by atoms with Crippen LogP contribution in [0.3, 0.4) is 0 Å². The molecule has 0 aromatic heterocycles. The lowest BCUT2D eigenvalue weighted by Crippen LogP contribution is -2.33. The molecule has 3 N–H and O–H groups in total. The molecule has 0 atom stereocenters. The van der Waals surface area contributed by atoms with Gasteiger partial charge in [0, 0.05) is 17.2 Å². The Kier molecular flexibility index (Phi) is 11.4. The maximum absolute atomic E-state index is 12.2. The van der Waals surface area contributed by atoms with Crippen LogP contribution in [0.15, 0.2) is 73.3 Å². The first-order valence-electron chi connectivity index (χ1n) is 9.65. The van der Waals surface area contributed by atoms with E-state index >= 15 is 0 Å². The third-order valence-electron chi connectivity index (χ3n) is 4.48. The Hall–Kier alpha value is -2.04. The van der Waals surface area contributed by atoms with Crippen LogP contribution in [0.4, 0.5) is 0 Å². The SMILES string of the molecule is C=CC(=O)OC(CCCCC(C)C)(c1ccccc1)c1ccccc1.OP(O)O. The van der Waals surface area contributed by atoms with Crippen LogP contribution in [0, 0.1) is 5.92 Å². The number of carbonyl (C=O) groups is 1. The molecular weight excluding hydrogens is 387 g/mol. The number of ether oxygens (including phenoxy) is 1. The van der Waals surface area contributed by atoms with Gasteiger partial charge in [0.25, 0.3) is 0 Å². The number of hydrogen-bond donors (Lipinski definition) is 3. The molecule has 2 aromatic carbocycles. The van der Waals surface area contributed by atoms with E-state index in [0.717, 1.165) is 30.4 Å². The predicted molar refractivity (Wildman–Crippen MR) is 117 cm³/mol. The first-order chi connectivity index (χ1) is 13.8. The summed E-state index contributed by atoms with van der Waals surface area (Å²) < 4.78 is 6.01. The van der Waals surface area contributed by atoms with Crippen molar-refractivity contribution >= 4 is 14.6 Å². The van der Waals surface area contributed by atoms with Crippen LogP contribution in [0.1, 0.15) is 50.7 Å². The van der Waals surface area contributed by atoms with Gasteiger partial charge in [0.05, 0.1) is 0 Å². The van der Waals surface area contributed by atoms with E-state index in [0.29, 0.717) is 5.92 Å². The van der Waals surface area contributed by atoms with Gasteiger partial charge in [-0.3, -0.25) is 0 Å². The Morgan fingerprint density at radius 1 is 1.00 bits per heavy atom. The molecule has 0 aliphatic rings. The zero-order valence-corrected chi connectivity index (χ0v) is 18.0. The lowest BCUT2D eigenvalue weighted by atomic mass is 9.81. The van der Waals surface area contributed by atoms with E-state index < -0.39 is 20.2 Å². The van der Waals surface area contributed by atoms with E-state index in [1.807, 2.05) is 60.7 Å². The van der Waals surface area contributed by atoms with E-state index in [1.165, 1.54) is 12.5 Å². The van der Waals surface area contributed by atoms with Crippen molar-refractivity contribution < 1.29 is 24.2 Å². The quantitative estimate of drug-likeness (QED) is 0.229. The summed E-state index contributed by atoms with van der Waals surface area (Å²) in [7, 11) is -2.62. The van der Waals surface area contributed by atoms with Crippen LogP contribution in [0.25, 0.3) is 0 Å². The van der Waals surface area contributed by atoms with E-state index in [2.05, 4.69) is 20.4 Å². The van der Waals surface area contributed by atoms with Gasteiger partial charge in [0.15, 0.2) is 5.60 Å². The second-order valence-corrected chi connectivity index (χ2v) is 7.63. The minimum Gasteiger partial charge on any atom is -0.446 e. The van der Waals surface area contributed by atoms with Crippen molar-refractivity contribution in [2.24, 2.45) is 5.92 Å². The fraction of sp³-hybridized carbons (Fsp3) is 0.348. The molecule has 0 saturated carbocycles. The van der Waals surface area contributed by atoms with Gasteiger partial charge in [0.1, 0.15) is 0 Å². The van der Waals surface area contributed by atoms with Crippen LogP contribution in [-0.2, 0) is 15.1 Å². The molecule has 0 heterocycles. The molecule has 0 spiro atoms. The van der Waals surface area contributed by atoms with Crippen molar-refractivity contribution in [2.75, 3.05) is 0 Å². The van der Waals surface area contributed by atoms with Gasteiger partial charge < -0.3 is 19.4 Å². The summed E-state index contributed by atoms with van der Waals surface area (Å²) in [5, 5.41) is 0. The lowest BCUT2D eigenvalue weighted by molar-refractivity contribution is -0.151. The van der Waals surface area contributed by atoms with Crippen molar-refractivity contribution in [1.82, 2.24) is 0 Å². The number of benzene rings is 2. The average molecular weight is 418 g/mol. The molecule has 2 aromatic rings. The summed E-state index contributed by atoms with van der Waals surface area (Å²) >= 11 is 0. The maximum Gasteiger partial charge on any atom is 0.331 e. The zero-order valence-electron chi connectivity index (χ0n) is 17.1. The Morgan fingerprint density at radius 2 is 1.45 bits per heavy atom. The van der Waals surface area contributed by atoms with Gasteiger partial charge in [0.2, 0.25) is 0 Å². The molecule has 0 saturated heterocycles. The summed E-state index contributed by atoms with van der Waals surface area (Å²) in [6, 6.07) is 20.0. The minimum atomic E-state index is -2.62. The Balaban J connectivity index is 0.000000960. The summed E-state index contributed by atoms with van der Waals surface area (Å²) in [5.41, 5.74) is 1.23. The van der Waals surface area contributed by atoms with Crippen LogP contribution in [0.5, 0.6) is 0 Å². The fourth-order valence-electron chi connectivity index (χ4n) is 3.18. The Labute approximate surface area is 174 Å². The van der Waals surface area contributed by atoms with Gasteiger partial charge in [-0.2, -0.15) is 0 Å². The standard InChI is InChI=1S/C23H28O2.H3O3P/c1-4-22(24)25-23(18-12-11-13-19(2)3,20-14-7-5-8-15-20)21-16-9-6-10-17-21;1-4(2)3/h4-10,14-17,19H,1,11-13,18H2,2-3H3;1-3H. The number of hydrogen-bond acceptors (Lipinski definition) is 5. The smallest absolute Gasteiger partial charge is 0.331 e. The maximum atomic E-state index is 12.2. The molecule has 2 rings (SSSR count). The average Bonchev–Trinajstić information content (AvgIpc) is 2.71. The van der Waals surface area contributed by atoms with Crippen molar-refractivity contribution in [1.29, 1.82) is 0 Å². The van der Waals surface area contributed by atoms with Crippen molar-refractivity contribution in [3.8, 4) is 0 Å². The van der Waals surface area contributed by atoms with Crippen molar-refractivity contribution in [3.05, 3.63) is 84.4 Å². The third-order valence-corrected chi connectivity index (χ3v) is 4.48.